The van der Waals surface area contributed by atoms with Gasteiger partial charge in [-0.3, -0.25) is 4.79 Å². The van der Waals surface area contributed by atoms with Gasteiger partial charge in [-0.2, -0.15) is 0 Å². The fourth-order valence-electron chi connectivity index (χ4n) is 11.4. The second kappa shape index (κ2) is 58.0. The number of allylic oxidation sites excluding steroid dienone is 4. The molecule has 0 spiro atoms. The summed E-state index contributed by atoms with van der Waals surface area (Å²) in [5, 5.41) is 76.4. The third kappa shape index (κ3) is 45.0. The number of hydrogen-bond acceptors (Lipinski definition) is 10. The van der Waals surface area contributed by atoms with Crippen LogP contribution >= 0.6 is 0 Å². The van der Waals surface area contributed by atoms with Crippen molar-refractivity contribution in [3.05, 3.63) is 24.3 Å². The van der Waals surface area contributed by atoms with Crippen LogP contribution in [0.15, 0.2) is 24.3 Å². The molecule has 1 amide bonds. The lowest BCUT2D eigenvalue weighted by molar-refractivity contribution is -0.303. The first-order valence-electron chi connectivity index (χ1n) is 34.7. The summed E-state index contributed by atoms with van der Waals surface area (Å²) in [5.74, 6) is -0.703. The summed E-state index contributed by atoms with van der Waals surface area (Å²) < 4.78 is 11.2. The number of hydrogen-bond donors (Lipinski definition) is 8. The Morgan fingerprint density at radius 1 is 0.425 bits per heavy atom. The summed E-state index contributed by atoms with van der Waals surface area (Å²) in [6.07, 6.45) is 61.3. The Morgan fingerprint density at radius 3 is 1.11 bits per heavy atom. The van der Waals surface area contributed by atoms with E-state index in [-0.39, 0.29) is 12.8 Å². The lowest BCUT2D eigenvalue weighted by atomic mass is 9.98. The number of aliphatic hydroxyl groups is 7. The molecule has 1 aliphatic heterocycles. The van der Waals surface area contributed by atoms with Crippen LogP contribution in [0, 0.1) is 0 Å². The SMILES string of the molecule is CCCCCCCCCCCCCCC/C=C/CC/C=C/CCCC(O)C(O)C(COC1OC(CO)C(O)C(O)C1O)NC(=O)C(O)CCCCCCCCCCCCCCCCCCCCCCCCCCCCCCCCC. The molecule has 1 heterocycles. The fraction of sp³-hybridized carbons (Fsp3) is 0.928. The molecule has 474 valence electrons. The van der Waals surface area contributed by atoms with Crippen molar-refractivity contribution in [2.45, 2.75) is 396 Å². The van der Waals surface area contributed by atoms with Crippen LogP contribution in [0.4, 0.5) is 0 Å². The number of rotatable bonds is 61. The molecule has 1 rings (SSSR count). The highest BCUT2D eigenvalue weighted by atomic mass is 16.7. The van der Waals surface area contributed by atoms with Gasteiger partial charge in [0.1, 0.15) is 36.6 Å². The highest BCUT2D eigenvalue weighted by molar-refractivity contribution is 5.80. The zero-order valence-electron chi connectivity index (χ0n) is 52.3. The fourth-order valence-corrected chi connectivity index (χ4v) is 11.4. The Balaban J connectivity index is 2.21. The van der Waals surface area contributed by atoms with Crippen LogP contribution in [0.3, 0.4) is 0 Å². The molecule has 0 aromatic heterocycles. The van der Waals surface area contributed by atoms with E-state index < -0.39 is 74.2 Å². The zero-order chi connectivity index (χ0) is 58.2. The van der Waals surface area contributed by atoms with Crippen molar-refractivity contribution < 1.29 is 50.0 Å². The van der Waals surface area contributed by atoms with Gasteiger partial charge in [0.2, 0.25) is 5.91 Å². The third-order valence-corrected chi connectivity index (χ3v) is 17.0. The molecule has 0 aromatic carbocycles. The van der Waals surface area contributed by atoms with E-state index in [1.807, 2.05) is 0 Å². The van der Waals surface area contributed by atoms with Crippen LogP contribution < -0.4 is 5.32 Å². The molecule has 0 aliphatic carbocycles. The van der Waals surface area contributed by atoms with Crippen LogP contribution in [-0.4, -0.2) is 110 Å². The largest absolute Gasteiger partial charge is 0.394 e. The number of nitrogens with one attached hydrogen (secondary N) is 1. The van der Waals surface area contributed by atoms with Crippen molar-refractivity contribution in [1.29, 1.82) is 0 Å². The predicted octanol–water partition coefficient (Wildman–Crippen LogP) is 16.4. The summed E-state index contributed by atoms with van der Waals surface area (Å²) in [6, 6.07) is -1.19. The molecule has 9 unspecified atom stereocenters. The molecule has 0 saturated carbocycles. The van der Waals surface area contributed by atoms with E-state index >= 15 is 0 Å². The van der Waals surface area contributed by atoms with Crippen molar-refractivity contribution in [3.63, 3.8) is 0 Å². The first-order chi connectivity index (χ1) is 39.2. The normalized spacial score (nSPS) is 19.3. The molecule has 0 bridgehead atoms. The van der Waals surface area contributed by atoms with Gasteiger partial charge in [0.15, 0.2) is 6.29 Å². The zero-order valence-corrected chi connectivity index (χ0v) is 52.3. The minimum Gasteiger partial charge on any atom is -0.394 e. The number of carbonyl (C=O) groups is 1. The van der Waals surface area contributed by atoms with E-state index in [0.717, 1.165) is 38.5 Å². The molecular formula is C69H133NO10. The Bertz CT molecular complexity index is 1350. The summed E-state index contributed by atoms with van der Waals surface area (Å²) in [4.78, 5) is 13.2. The highest BCUT2D eigenvalue weighted by Gasteiger charge is 2.44. The van der Waals surface area contributed by atoms with Gasteiger partial charge >= 0.3 is 0 Å². The molecule has 0 radical (unpaired) electrons. The summed E-state index contributed by atoms with van der Waals surface area (Å²) in [5.41, 5.74) is 0. The van der Waals surface area contributed by atoms with E-state index in [1.165, 1.54) is 257 Å². The Labute approximate surface area is 493 Å². The maximum Gasteiger partial charge on any atom is 0.249 e. The van der Waals surface area contributed by atoms with Gasteiger partial charge in [-0.15, -0.1) is 0 Å². The Kier molecular flexibility index (Phi) is 55.5. The number of amides is 1. The topological polar surface area (TPSA) is 189 Å². The van der Waals surface area contributed by atoms with Crippen LogP contribution in [0.5, 0.6) is 0 Å². The Hall–Kier alpha value is -1.41. The number of ether oxygens (including phenoxy) is 2. The average molecular weight is 1140 g/mol. The standard InChI is InChI=1S/C69H133NO10/c1-3-5-7-9-11-13-15-17-19-21-23-25-27-28-29-30-31-32-33-34-35-37-39-41-43-45-47-49-51-53-55-57-62(73)68(78)70-60(59-79-69-67(77)66(76)65(75)63(58-71)80-69)64(74)61(72)56-54-52-50-48-46-44-42-40-38-36-26-24-22-20-18-16-14-12-10-8-6-4-2/h40,42,48,50,60-67,69,71-77H,3-39,41,43-47,49,51-59H2,1-2H3,(H,70,78)/b42-40+,50-48+. The van der Waals surface area contributed by atoms with Gasteiger partial charge in [0.05, 0.1) is 25.4 Å². The maximum atomic E-state index is 13.2. The number of carbonyl (C=O) groups excluding carboxylic acids is 1. The number of unbranched alkanes of at least 4 members (excludes halogenated alkanes) is 45. The quantitative estimate of drug-likeness (QED) is 0.0215. The summed E-state index contributed by atoms with van der Waals surface area (Å²) >= 11 is 0. The average Bonchev–Trinajstić information content (AvgIpc) is 3.47. The predicted molar refractivity (Wildman–Crippen MR) is 335 cm³/mol. The van der Waals surface area contributed by atoms with E-state index in [4.69, 9.17) is 9.47 Å². The van der Waals surface area contributed by atoms with Crippen molar-refractivity contribution in [3.8, 4) is 0 Å². The van der Waals surface area contributed by atoms with Crippen LogP contribution in [0.1, 0.15) is 341 Å². The van der Waals surface area contributed by atoms with Crippen LogP contribution in [0.25, 0.3) is 0 Å². The van der Waals surface area contributed by atoms with Gasteiger partial charge in [-0.25, -0.2) is 0 Å². The van der Waals surface area contributed by atoms with E-state index in [2.05, 4.69) is 43.5 Å². The maximum absolute atomic E-state index is 13.2. The lowest BCUT2D eigenvalue weighted by Crippen LogP contribution is -2.60. The monoisotopic (exact) mass is 1140 g/mol. The highest BCUT2D eigenvalue weighted by Crippen LogP contribution is 2.24. The second-order valence-electron chi connectivity index (χ2n) is 24.6. The number of aliphatic hydroxyl groups excluding tert-OH is 7. The van der Waals surface area contributed by atoms with Gasteiger partial charge in [0, 0.05) is 0 Å². The summed E-state index contributed by atoms with van der Waals surface area (Å²) in [7, 11) is 0. The van der Waals surface area contributed by atoms with E-state index in [1.54, 1.807) is 0 Å². The Morgan fingerprint density at radius 2 is 0.750 bits per heavy atom. The molecule has 1 fully saturated rings. The van der Waals surface area contributed by atoms with Crippen molar-refractivity contribution in [2.75, 3.05) is 13.2 Å². The molecule has 0 aromatic rings. The molecule has 80 heavy (non-hydrogen) atoms. The third-order valence-electron chi connectivity index (χ3n) is 17.0. The first-order valence-corrected chi connectivity index (χ1v) is 34.7. The first kappa shape index (κ1) is 76.6. The molecule has 11 heteroatoms. The van der Waals surface area contributed by atoms with Crippen LogP contribution in [0.2, 0.25) is 0 Å². The molecular weight excluding hydrogens is 1000 g/mol. The van der Waals surface area contributed by atoms with E-state index in [9.17, 15) is 40.5 Å². The minimum atomic E-state index is -1.67. The molecule has 9 atom stereocenters. The molecule has 1 aliphatic rings. The summed E-state index contributed by atoms with van der Waals surface area (Å²) in [6.45, 7) is 3.49. The minimum absolute atomic E-state index is 0.249. The molecule has 8 N–H and O–H groups in total. The van der Waals surface area contributed by atoms with Gasteiger partial charge in [-0.05, 0) is 51.4 Å². The van der Waals surface area contributed by atoms with Crippen molar-refractivity contribution in [1.82, 2.24) is 5.32 Å². The van der Waals surface area contributed by atoms with Gasteiger partial charge in [0.25, 0.3) is 0 Å². The van der Waals surface area contributed by atoms with Crippen molar-refractivity contribution in [2.24, 2.45) is 0 Å². The van der Waals surface area contributed by atoms with Crippen molar-refractivity contribution >= 4 is 5.91 Å². The lowest BCUT2D eigenvalue weighted by Gasteiger charge is -2.40. The molecule has 11 nitrogen and oxygen atoms in total. The van der Waals surface area contributed by atoms with Crippen LogP contribution in [-0.2, 0) is 14.3 Å². The smallest absolute Gasteiger partial charge is 0.249 e. The second-order valence-corrected chi connectivity index (χ2v) is 24.6. The van der Waals surface area contributed by atoms with Gasteiger partial charge < -0.3 is 50.5 Å². The van der Waals surface area contributed by atoms with Gasteiger partial charge in [-0.1, -0.05) is 314 Å². The molecule has 1 saturated heterocycles. The van der Waals surface area contributed by atoms with E-state index in [0.29, 0.717) is 19.3 Å².